The maximum Gasteiger partial charge on any atom is 0.250 e. The number of anilines is 1. The van der Waals surface area contributed by atoms with Gasteiger partial charge in [0.2, 0.25) is 11.8 Å². The molecule has 0 spiro atoms. The zero-order chi connectivity index (χ0) is 25.9. The van der Waals surface area contributed by atoms with E-state index in [1.165, 1.54) is 11.6 Å². The number of nitrogens with zero attached hydrogens (tertiary/aromatic N) is 1. The van der Waals surface area contributed by atoms with Crippen molar-refractivity contribution < 1.29 is 13.6 Å². The zero-order valence-corrected chi connectivity index (χ0v) is 21.6. The van der Waals surface area contributed by atoms with Crippen LogP contribution in [0, 0.1) is 13.8 Å². The predicted octanol–water partition coefficient (Wildman–Crippen LogP) is 7.55. The molecule has 2 heterocycles. The topological polar surface area (TPSA) is 80.3 Å². The van der Waals surface area contributed by atoms with Crippen molar-refractivity contribution in [2.45, 2.75) is 13.8 Å². The van der Waals surface area contributed by atoms with E-state index in [-0.39, 0.29) is 11.0 Å². The summed E-state index contributed by atoms with van der Waals surface area (Å²) in [5, 5.41) is 6.45. The molecule has 0 fully saturated rings. The minimum absolute atomic E-state index is 0.161. The van der Waals surface area contributed by atoms with Crippen LogP contribution in [0.15, 0.2) is 87.7 Å². The lowest BCUT2D eigenvalue weighted by Gasteiger charge is -2.07. The van der Waals surface area contributed by atoms with Gasteiger partial charge in [-0.15, -0.1) is 0 Å². The van der Waals surface area contributed by atoms with Gasteiger partial charge in [-0.1, -0.05) is 29.3 Å². The largest absolute Gasteiger partial charge is 0.457 e. The number of rotatable bonds is 5. The lowest BCUT2D eigenvalue weighted by atomic mass is 10.1. The van der Waals surface area contributed by atoms with Crippen molar-refractivity contribution in [2.75, 3.05) is 5.32 Å². The third-order valence-corrected chi connectivity index (χ3v) is 6.11. The van der Waals surface area contributed by atoms with Crippen molar-refractivity contribution in [1.29, 1.82) is 0 Å². The Morgan fingerprint density at radius 1 is 0.973 bits per heavy atom. The van der Waals surface area contributed by atoms with Crippen molar-refractivity contribution in [3.05, 3.63) is 101 Å². The Labute approximate surface area is 224 Å². The summed E-state index contributed by atoms with van der Waals surface area (Å²) in [4.78, 5) is 17.0. The van der Waals surface area contributed by atoms with Crippen LogP contribution in [0.3, 0.4) is 0 Å². The van der Waals surface area contributed by atoms with Crippen molar-refractivity contribution in [2.24, 2.45) is 0 Å². The second kappa shape index (κ2) is 10.4. The third-order valence-electron chi connectivity index (χ3n) is 5.65. The molecule has 6 nitrogen and oxygen atoms in total. The molecule has 1 amide bonds. The molecular weight excluding hydrogens is 506 g/mol. The molecule has 0 aliphatic rings. The van der Waals surface area contributed by atoms with E-state index in [9.17, 15) is 4.79 Å². The summed E-state index contributed by atoms with van der Waals surface area (Å²) in [6.45, 7) is 4.08. The molecule has 2 N–H and O–H groups in total. The number of fused-ring (bicyclic) bond motifs is 1. The molecule has 0 aliphatic carbocycles. The molecule has 0 aliphatic heterocycles. The van der Waals surface area contributed by atoms with Gasteiger partial charge in [0, 0.05) is 27.9 Å². The Balaban J connectivity index is 1.21. The molecule has 5 aromatic rings. The second-order valence-corrected chi connectivity index (χ2v) is 9.35. The summed E-state index contributed by atoms with van der Waals surface area (Å²) < 4.78 is 11.7. The van der Waals surface area contributed by atoms with Crippen molar-refractivity contribution >= 4 is 57.7 Å². The van der Waals surface area contributed by atoms with E-state index in [0.717, 1.165) is 16.7 Å². The highest BCUT2D eigenvalue weighted by atomic mass is 35.5. The number of aromatic nitrogens is 1. The van der Waals surface area contributed by atoms with Gasteiger partial charge in [0.1, 0.15) is 17.0 Å². The Bertz CT molecular complexity index is 1650. The highest BCUT2D eigenvalue weighted by Gasteiger charge is 2.12. The monoisotopic (exact) mass is 527 g/mol. The number of aryl methyl sites for hydroxylation is 2. The van der Waals surface area contributed by atoms with Crippen LogP contribution >= 0.6 is 23.8 Å². The zero-order valence-electron chi connectivity index (χ0n) is 20.0. The molecule has 5 rings (SSSR count). The minimum Gasteiger partial charge on any atom is -0.457 e. The summed E-state index contributed by atoms with van der Waals surface area (Å²) in [5.74, 6) is 1.39. The number of carbonyl (C=O) groups is 1. The van der Waals surface area contributed by atoms with Crippen LogP contribution in [0.4, 0.5) is 5.69 Å². The van der Waals surface area contributed by atoms with Crippen molar-refractivity contribution in [3.8, 4) is 22.8 Å². The summed E-state index contributed by atoms with van der Waals surface area (Å²) in [5.41, 5.74) is 6.14. The van der Waals surface area contributed by atoms with E-state index >= 15 is 0 Å². The molecule has 37 heavy (non-hydrogen) atoms. The lowest BCUT2D eigenvalue weighted by molar-refractivity contribution is -0.115. The van der Waals surface area contributed by atoms with Crippen molar-refractivity contribution in [1.82, 2.24) is 10.3 Å². The number of hydrogen-bond acceptors (Lipinski definition) is 5. The van der Waals surface area contributed by atoms with E-state index in [4.69, 9.17) is 32.7 Å². The highest BCUT2D eigenvalue weighted by molar-refractivity contribution is 7.80. The molecule has 2 aromatic heterocycles. The molecular formula is C29H22ClN3O3S. The number of furan rings is 1. The molecule has 0 radical (unpaired) electrons. The Morgan fingerprint density at radius 3 is 2.57 bits per heavy atom. The number of amides is 1. The van der Waals surface area contributed by atoms with Gasteiger partial charge < -0.3 is 14.2 Å². The van der Waals surface area contributed by atoms with Gasteiger partial charge in [-0.05, 0) is 98.4 Å². The summed E-state index contributed by atoms with van der Waals surface area (Å²) in [6, 6.07) is 22.5. The number of thiocarbonyl (C=S) groups is 1. The second-order valence-electron chi connectivity index (χ2n) is 8.51. The molecule has 0 saturated carbocycles. The fourth-order valence-electron chi connectivity index (χ4n) is 3.86. The molecule has 0 unspecified atom stereocenters. The van der Waals surface area contributed by atoms with Gasteiger partial charge in [-0.25, -0.2) is 4.98 Å². The van der Waals surface area contributed by atoms with Gasteiger partial charge in [-0.2, -0.15) is 0 Å². The number of nitrogens with one attached hydrogen (secondary N) is 2. The van der Waals surface area contributed by atoms with Gasteiger partial charge in [0.15, 0.2) is 10.7 Å². The molecule has 8 heteroatoms. The van der Waals surface area contributed by atoms with Crippen LogP contribution in [0.2, 0.25) is 5.02 Å². The minimum atomic E-state index is -0.387. The molecule has 0 saturated heterocycles. The average Bonchev–Trinajstić information content (AvgIpc) is 3.50. The van der Waals surface area contributed by atoms with E-state index in [0.29, 0.717) is 39.2 Å². The molecule has 0 bridgehead atoms. The van der Waals surface area contributed by atoms with Gasteiger partial charge in [0.05, 0.1) is 0 Å². The normalized spacial score (nSPS) is 11.2. The molecule has 3 aromatic carbocycles. The summed E-state index contributed by atoms with van der Waals surface area (Å²) >= 11 is 11.2. The van der Waals surface area contributed by atoms with Crippen LogP contribution < -0.4 is 10.6 Å². The van der Waals surface area contributed by atoms with Gasteiger partial charge in [-0.3, -0.25) is 10.1 Å². The van der Waals surface area contributed by atoms with Crippen LogP contribution in [0.5, 0.6) is 0 Å². The van der Waals surface area contributed by atoms with Crippen molar-refractivity contribution in [3.63, 3.8) is 0 Å². The predicted molar refractivity (Wildman–Crippen MR) is 151 cm³/mol. The fourth-order valence-corrected chi connectivity index (χ4v) is 4.20. The van der Waals surface area contributed by atoms with E-state index in [1.807, 2.05) is 62.4 Å². The third kappa shape index (κ3) is 5.80. The smallest absolute Gasteiger partial charge is 0.250 e. The van der Waals surface area contributed by atoms with E-state index in [2.05, 4.69) is 21.7 Å². The summed E-state index contributed by atoms with van der Waals surface area (Å²) in [7, 11) is 0. The number of carbonyl (C=O) groups excluding carboxylic acids is 1. The maximum atomic E-state index is 12.4. The molecule has 184 valence electrons. The fraction of sp³-hybridized carbons (Fsp3) is 0.0690. The Morgan fingerprint density at radius 2 is 1.78 bits per heavy atom. The Kier molecular flexibility index (Phi) is 6.90. The standard InChI is InChI=1S/C29H22ClN3O3S/c1-17-3-11-23(18(2)15-17)28-32-24-16-21(8-12-26(24)36-28)31-29(37)33-27(34)14-10-22-9-13-25(35-22)19-4-6-20(30)7-5-19/h3-16H,1-2H3,(H2,31,33,34,37). The van der Waals surface area contributed by atoms with Crippen LogP contribution in [-0.2, 0) is 4.79 Å². The van der Waals surface area contributed by atoms with Crippen LogP contribution in [0.25, 0.3) is 40.0 Å². The van der Waals surface area contributed by atoms with Gasteiger partial charge in [0.25, 0.3) is 0 Å². The number of benzene rings is 3. The first-order valence-corrected chi connectivity index (χ1v) is 12.3. The van der Waals surface area contributed by atoms with E-state index in [1.54, 1.807) is 24.3 Å². The molecule has 0 atom stereocenters. The summed E-state index contributed by atoms with van der Waals surface area (Å²) in [6.07, 6.45) is 2.93. The SMILES string of the molecule is Cc1ccc(-c2nc3cc(NC(=S)NC(=O)C=Cc4ccc(-c5ccc(Cl)cc5)o4)ccc3o2)c(C)c1. The first-order valence-electron chi connectivity index (χ1n) is 11.5. The first-order chi connectivity index (χ1) is 17.8. The van der Waals surface area contributed by atoms with Gasteiger partial charge >= 0.3 is 0 Å². The first kappa shape index (κ1) is 24.5. The van der Waals surface area contributed by atoms with E-state index < -0.39 is 0 Å². The highest BCUT2D eigenvalue weighted by Crippen LogP contribution is 2.29. The Hall–Kier alpha value is -4.20. The average molecular weight is 528 g/mol. The van der Waals surface area contributed by atoms with Crippen LogP contribution in [0.1, 0.15) is 16.9 Å². The lowest BCUT2D eigenvalue weighted by Crippen LogP contribution is -2.32. The quantitative estimate of drug-likeness (QED) is 0.181. The van der Waals surface area contributed by atoms with Crippen LogP contribution in [-0.4, -0.2) is 16.0 Å². The number of oxazole rings is 1. The number of hydrogen-bond donors (Lipinski definition) is 2. The maximum absolute atomic E-state index is 12.4. The number of halogens is 1.